The van der Waals surface area contributed by atoms with Gasteiger partial charge in [-0.2, -0.15) is 26.3 Å². The number of hydrogen-bond acceptors (Lipinski definition) is 1. The first kappa shape index (κ1) is 20.7. The Morgan fingerprint density at radius 2 is 1.48 bits per heavy atom. The van der Waals surface area contributed by atoms with E-state index in [2.05, 4.69) is 11.4 Å². The van der Waals surface area contributed by atoms with Crippen LogP contribution < -0.4 is 5.32 Å². The normalized spacial score (nSPS) is 12.8. The molecule has 27 heavy (non-hydrogen) atoms. The van der Waals surface area contributed by atoms with Crippen molar-refractivity contribution in [1.29, 1.82) is 0 Å². The van der Waals surface area contributed by atoms with E-state index in [4.69, 9.17) is 0 Å². The Balaban J connectivity index is 2.49. The van der Waals surface area contributed by atoms with E-state index in [0.29, 0.717) is 12.1 Å². The molecule has 2 aromatic carbocycles. The first-order chi connectivity index (χ1) is 12.3. The van der Waals surface area contributed by atoms with E-state index in [1.807, 2.05) is 0 Å². The topological polar surface area (TPSA) is 29.1 Å². The Labute approximate surface area is 150 Å². The van der Waals surface area contributed by atoms with Crippen molar-refractivity contribution in [2.24, 2.45) is 0 Å². The number of aryl methyl sites for hydroxylation is 2. The fourth-order valence-corrected chi connectivity index (χ4v) is 2.57. The molecule has 2 aromatic rings. The maximum absolute atomic E-state index is 14.2. The number of carbonyl (C=O) groups is 1. The molecule has 0 aliphatic heterocycles. The number of hydrogen-bond donors (Lipinski definition) is 1. The third kappa shape index (κ3) is 3.77. The van der Waals surface area contributed by atoms with Crippen LogP contribution in [0.5, 0.6) is 0 Å². The molecule has 2 nitrogen and oxygen atoms in total. The van der Waals surface area contributed by atoms with Crippen LogP contribution in [-0.2, 0) is 5.67 Å². The molecular formula is C18H13F7NO. The predicted molar refractivity (Wildman–Crippen MR) is 84.0 cm³/mol. The molecule has 0 aliphatic rings. The summed E-state index contributed by atoms with van der Waals surface area (Å²) in [7, 11) is 0. The van der Waals surface area contributed by atoms with Crippen LogP contribution in [0.3, 0.4) is 0 Å². The highest BCUT2D eigenvalue weighted by Gasteiger charge is 2.73. The third-order valence-corrected chi connectivity index (χ3v) is 3.92. The molecule has 1 amide bonds. The Morgan fingerprint density at radius 1 is 0.963 bits per heavy atom. The fraction of sp³-hybridized carbons (Fsp3) is 0.278. The molecule has 0 heterocycles. The molecule has 1 N–H and O–H groups in total. The maximum Gasteiger partial charge on any atom is 0.435 e. The number of alkyl halides is 7. The Bertz CT molecular complexity index is 804. The van der Waals surface area contributed by atoms with Crippen molar-refractivity contribution < 1.29 is 35.5 Å². The Hall–Kier alpha value is -2.58. The zero-order valence-electron chi connectivity index (χ0n) is 14.0. The first-order valence-corrected chi connectivity index (χ1v) is 7.50. The van der Waals surface area contributed by atoms with Crippen LogP contribution in [0, 0.1) is 19.9 Å². The molecule has 1 radical (unpaired) electrons. The van der Waals surface area contributed by atoms with E-state index in [0.717, 1.165) is 0 Å². The van der Waals surface area contributed by atoms with Crippen molar-refractivity contribution in [2.75, 3.05) is 5.32 Å². The van der Waals surface area contributed by atoms with Gasteiger partial charge >= 0.3 is 18.0 Å². The summed E-state index contributed by atoms with van der Waals surface area (Å²) in [6.45, 7) is 2.35. The number of anilines is 1. The van der Waals surface area contributed by atoms with Gasteiger partial charge in [0.25, 0.3) is 5.91 Å². The molecule has 0 saturated heterocycles. The lowest BCUT2D eigenvalue weighted by Crippen LogP contribution is -2.50. The summed E-state index contributed by atoms with van der Waals surface area (Å²) in [5, 5.41) is 2.41. The van der Waals surface area contributed by atoms with Crippen LogP contribution in [0.2, 0.25) is 0 Å². The van der Waals surface area contributed by atoms with Crippen LogP contribution in [0.1, 0.15) is 27.0 Å². The zero-order chi connectivity index (χ0) is 20.6. The molecule has 0 bridgehead atoms. The van der Waals surface area contributed by atoms with Gasteiger partial charge in [-0.3, -0.25) is 4.79 Å². The lowest BCUT2D eigenvalue weighted by atomic mass is 9.90. The van der Waals surface area contributed by atoms with E-state index in [-0.39, 0.29) is 22.4 Å². The number of carbonyl (C=O) groups excluding carboxylic acids is 1. The van der Waals surface area contributed by atoms with E-state index >= 15 is 0 Å². The van der Waals surface area contributed by atoms with Crippen molar-refractivity contribution in [1.82, 2.24) is 0 Å². The van der Waals surface area contributed by atoms with Gasteiger partial charge in [-0.05, 0) is 43.2 Å². The summed E-state index contributed by atoms with van der Waals surface area (Å²) >= 11 is 0. The van der Waals surface area contributed by atoms with Gasteiger partial charge in [0.05, 0.1) is 0 Å². The predicted octanol–water partition coefficient (Wildman–Crippen LogP) is 5.65. The van der Waals surface area contributed by atoms with Crippen molar-refractivity contribution >= 4 is 11.6 Å². The smallest absolute Gasteiger partial charge is 0.322 e. The summed E-state index contributed by atoms with van der Waals surface area (Å²) < 4.78 is 91.7. The largest absolute Gasteiger partial charge is 0.435 e. The van der Waals surface area contributed by atoms with Gasteiger partial charge in [-0.15, -0.1) is 0 Å². The van der Waals surface area contributed by atoms with Gasteiger partial charge in [-0.1, -0.05) is 24.3 Å². The number of halogens is 7. The Morgan fingerprint density at radius 3 is 1.89 bits per heavy atom. The number of benzene rings is 2. The van der Waals surface area contributed by atoms with Crippen LogP contribution >= 0.6 is 0 Å². The van der Waals surface area contributed by atoms with Gasteiger partial charge in [0.2, 0.25) is 0 Å². The van der Waals surface area contributed by atoms with Crippen molar-refractivity contribution in [3.8, 4) is 0 Å². The summed E-state index contributed by atoms with van der Waals surface area (Å²) in [5.74, 6) is -0.635. The third-order valence-electron chi connectivity index (χ3n) is 3.92. The molecule has 145 valence electrons. The fourth-order valence-electron chi connectivity index (χ4n) is 2.57. The molecule has 2 rings (SSSR count). The highest BCUT2D eigenvalue weighted by molar-refractivity contribution is 6.05. The number of nitrogens with one attached hydrogen (secondary N) is 1. The minimum Gasteiger partial charge on any atom is -0.322 e. The highest BCUT2D eigenvalue weighted by Crippen LogP contribution is 2.53. The molecular weight excluding hydrogens is 379 g/mol. The number of rotatable bonds is 3. The summed E-state index contributed by atoms with van der Waals surface area (Å²) in [6, 6.07) is 9.39. The monoisotopic (exact) mass is 392 g/mol. The van der Waals surface area contributed by atoms with Crippen molar-refractivity contribution in [2.45, 2.75) is 31.9 Å². The second kappa shape index (κ2) is 6.86. The summed E-state index contributed by atoms with van der Waals surface area (Å²) in [6.07, 6.45) is -12.4. The van der Waals surface area contributed by atoms with Crippen LogP contribution in [0.4, 0.5) is 36.4 Å². The van der Waals surface area contributed by atoms with Gasteiger partial charge in [-0.25, -0.2) is 4.39 Å². The van der Waals surface area contributed by atoms with Gasteiger partial charge in [0.15, 0.2) is 0 Å². The molecule has 0 aromatic heterocycles. The molecule has 0 fully saturated rings. The van der Waals surface area contributed by atoms with Crippen LogP contribution in [0.25, 0.3) is 0 Å². The standard InChI is InChI=1S/C18H13F7NO/c1-10-8-13(16(19,17(20,21)22)18(23,24)25)9-11(2)14(10)26-15(27)12-6-4-3-5-7-12/h3-4,6-9H,1-2H3,(H,26,27). The average Bonchev–Trinajstić information content (AvgIpc) is 2.55. The summed E-state index contributed by atoms with van der Waals surface area (Å²) in [5.41, 5.74) is -7.22. The summed E-state index contributed by atoms with van der Waals surface area (Å²) in [4.78, 5) is 12.2. The molecule has 0 saturated carbocycles. The quantitative estimate of drug-likeness (QED) is 0.673. The van der Waals surface area contributed by atoms with E-state index < -0.39 is 29.5 Å². The van der Waals surface area contributed by atoms with Gasteiger partial charge in [0.1, 0.15) is 0 Å². The molecule has 0 unspecified atom stereocenters. The second-order valence-corrected chi connectivity index (χ2v) is 5.89. The van der Waals surface area contributed by atoms with Crippen molar-refractivity contribution in [3.63, 3.8) is 0 Å². The zero-order valence-corrected chi connectivity index (χ0v) is 14.0. The van der Waals surface area contributed by atoms with Gasteiger partial charge < -0.3 is 5.32 Å². The first-order valence-electron chi connectivity index (χ1n) is 7.50. The van der Waals surface area contributed by atoms with E-state index in [1.165, 1.54) is 38.1 Å². The minimum absolute atomic E-state index is 0.000646. The lowest BCUT2D eigenvalue weighted by Gasteiger charge is -2.31. The second-order valence-electron chi connectivity index (χ2n) is 5.89. The SMILES string of the molecule is Cc1cc(C(F)(C(F)(F)F)C(F)(F)F)cc(C)c1NC(=O)c1c[c]ccc1. The van der Waals surface area contributed by atoms with Crippen LogP contribution in [0.15, 0.2) is 36.4 Å². The van der Waals surface area contributed by atoms with E-state index in [9.17, 15) is 35.5 Å². The molecule has 0 atom stereocenters. The van der Waals surface area contributed by atoms with Crippen molar-refractivity contribution in [3.05, 3.63) is 64.7 Å². The minimum atomic E-state index is -6.20. The number of amides is 1. The maximum atomic E-state index is 14.2. The molecule has 0 spiro atoms. The Kier molecular flexibility index (Phi) is 5.27. The van der Waals surface area contributed by atoms with E-state index in [1.54, 1.807) is 0 Å². The molecule has 0 aliphatic carbocycles. The molecule has 9 heteroatoms. The lowest BCUT2D eigenvalue weighted by molar-refractivity contribution is -0.348. The van der Waals surface area contributed by atoms with Crippen LogP contribution in [-0.4, -0.2) is 18.3 Å². The van der Waals surface area contributed by atoms with Gasteiger partial charge in [0, 0.05) is 16.8 Å². The highest BCUT2D eigenvalue weighted by atomic mass is 19.4. The average molecular weight is 392 g/mol.